The molecule has 1 aliphatic heterocycles. The molecule has 1 saturated heterocycles. The second kappa shape index (κ2) is 2.60. The van der Waals surface area contributed by atoms with Gasteiger partial charge in [0.15, 0.2) is 0 Å². The third-order valence-corrected chi connectivity index (χ3v) is 2.65. The summed E-state index contributed by atoms with van der Waals surface area (Å²) in [6, 6.07) is 10.5. The lowest BCUT2D eigenvalue weighted by molar-refractivity contribution is 0.310. The molecule has 2 unspecified atom stereocenters. The van der Waals surface area contributed by atoms with Crippen molar-refractivity contribution in [2.75, 3.05) is 0 Å². The van der Waals surface area contributed by atoms with Gasteiger partial charge in [-0.15, -0.1) is 0 Å². The first-order valence-corrected chi connectivity index (χ1v) is 4.42. The molecular weight excluding hydrogens is 148 g/mol. The van der Waals surface area contributed by atoms with Crippen molar-refractivity contribution in [1.82, 2.24) is 0 Å². The van der Waals surface area contributed by atoms with Crippen LogP contribution < -0.4 is 0 Å². The number of rotatable bonds is 2. The Morgan fingerprint density at radius 3 is 2.42 bits per heavy atom. The number of benzene rings is 1. The fourth-order valence-electron chi connectivity index (χ4n) is 1.56. The number of hydrogen-bond donors (Lipinski definition) is 0. The van der Waals surface area contributed by atoms with E-state index in [0.29, 0.717) is 6.10 Å². The molecule has 0 amide bonds. The predicted octanol–water partition coefficient (Wildman–Crippen LogP) is 2.41. The van der Waals surface area contributed by atoms with E-state index in [1.807, 2.05) is 6.07 Å². The fraction of sp³-hybridized carbons (Fsp3) is 0.455. The first-order valence-electron chi connectivity index (χ1n) is 4.42. The van der Waals surface area contributed by atoms with E-state index in [4.69, 9.17) is 4.74 Å². The highest BCUT2D eigenvalue weighted by molar-refractivity contribution is 5.19. The highest BCUT2D eigenvalue weighted by atomic mass is 16.6. The van der Waals surface area contributed by atoms with Crippen LogP contribution in [0.4, 0.5) is 0 Å². The van der Waals surface area contributed by atoms with Crippen molar-refractivity contribution in [3.8, 4) is 0 Å². The van der Waals surface area contributed by atoms with Gasteiger partial charge in [-0.25, -0.2) is 0 Å². The van der Waals surface area contributed by atoms with Crippen LogP contribution in [0.3, 0.4) is 0 Å². The summed E-state index contributed by atoms with van der Waals surface area (Å²) < 4.78 is 5.51. The Bertz CT molecular complexity index is 268. The van der Waals surface area contributed by atoms with Crippen LogP contribution in [-0.2, 0) is 11.2 Å². The zero-order valence-corrected chi connectivity index (χ0v) is 7.58. The smallest absolute Gasteiger partial charge is 0.0957 e. The van der Waals surface area contributed by atoms with Gasteiger partial charge in [0.1, 0.15) is 0 Å². The fourth-order valence-corrected chi connectivity index (χ4v) is 1.56. The van der Waals surface area contributed by atoms with Crippen LogP contribution in [-0.4, -0.2) is 11.7 Å². The maximum absolute atomic E-state index is 5.51. The Balaban J connectivity index is 2.06. The monoisotopic (exact) mass is 162 g/mol. The number of epoxide rings is 1. The molecule has 1 aliphatic rings. The van der Waals surface area contributed by atoms with Gasteiger partial charge >= 0.3 is 0 Å². The molecule has 2 rings (SSSR count). The molecule has 1 heterocycles. The molecule has 2 atom stereocenters. The summed E-state index contributed by atoms with van der Waals surface area (Å²) in [6.45, 7) is 4.30. The molecule has 0 aromatic heterocycles. The summed E-state index contributed by atoms with van der Waals surface area (Å²) in [5, 5.41) is 0. The standard InChI is InChI=1S/C11H14O/c1-9-11(2,12-9)8-10-6-4-3-5-7-10/h3-7,9H,8H2,1-2H3. The minimum Gasteiger partial charge on any atom is -0.366 e. The van der Waals surface area contributed by atoms with Gasteiger partial charge in [0.05, 0.1) is 11.7 Å². The van der Waals surface area contributed by atoms with Gasteiger partial charge in [-0.2, -0.15) is 0 Å². The van der Waals surface area contributed by atoms with Crippen LogP contribution in [0.2, 0.25) is 0 Å². The Kier molecular flexibility index (Phi) is 1.69. The van der Waals surface area contributed by atoms with Crippen LogP contribution in [0.5, 0.6) is 0 Å². The molecule has 1 aromatic carbocycles. The molecule has 1 nitrogen and oxygen atoms in total. The maximum atomic E-state index is 5.51. The summed E-state index contributed by atoms with van der Waals surface area (Å²) >= 11 is 0. The molecule has 0 N–H and O–H groups in total. The predicted molar refractivity (Wildman–Crippen MR) is 49.1 cm³/mol. The molecule has 12 heavy (non-hydrogen) atoms. The summed E-state index contributed by atoms with van der Waals surface area (Å²) in [6.07, 6.45) is 1.47. The summed E-state index contributed by atoms with van der Waals surface area (Å²) in [5.41, 5.74) is 1.48. The van der Waals surface area contributed by atoms with E-state index in [9.17, 15) is 0 Å². The van der Waals surface area contributed by atoms with Crippen LogP contribution in [0.25, 0.3) is 0 Å². The topological polar surface area (TPSA) is 12.5 Å². The van der Waals surface area contributed by atoms with Crippen LogP contribution in [0, 0.1) is 0 Å². The van der Waals surface area contributed by atoms with E-state index in [1.165, 1.54) is 5.56 Å². The summed E-state index contributed by atoms with van der Waals surface area (Å²) in [5.74, 6) is 0. The second-order valence-corrected chi connectivity index (χ2v) is 3.74. The molecule has 1 aromatic rings. The molecule has 0 radical (unpaired) electrons. The van der Waals surface area contributed by atoms with Crippen LogP contribution in [0.15, 0.2) is 30.3 Å². The Labute approximate surface area is 73.4 Å². The van der Waals surface area contributed by atoms with Crippen LogP contribution >= 0.6 is 0 Å². The zero-order valence-electron chi connectivity index (χ0n) is 7.58. The molecule has 1 heteroatoms. The first kappa shape index (κ1) is 7.81. The van der Waals surface area contributed by atoms with Gasteiger partial charge in [0, 0.05) is 6.42 Å². The SMILES string of the molecule is CC1OC1(C)Cc1ccccc1. The van der Waals surface area contributed by atoms with Gasteiger partial charge in [0.25, 0.3) is 0 Å². The number of ether oxygens (including phenoxy) is 1. The van der Waals surface area contributed by atoms with E-state index < -0.39 is 0 Å². The van der Waals surface area contributed by atoms with Gasteiger partial charge in [-0.3, -0.25) is 0 Å². The second-order valence-electron chi connectivity index (χ2n) is 3.74. The van der Waals surface area contributed by atoms with Crippen molar-refractivity contribution in [3.05, 3.63) is 35.9 Å². The molecule has 0 aliphatic carbocycles. The van der Waals surface area contributed by atoms with Gasteiger partial charge in [-0.1, -0.05) is 30.3 Å². The highest BCUT2D eigenvalue weighted by Crippen LogP contribution is 2.38. The quantitative estimate of drug-likeness (QED) is 0.608. The first-order chi connectivity index (χ1) is 5.71. The summed E-state index contributed by atoms with van der Waals surface area (Å²) in [7, 11) is 0. The summed E-state index contributed by atoms with van der Waals surface area (Å²) in [4.78, 5) is 0. The van der Waals surface area contributed by atoms with Crippen molar-refractivity contribution in [2.24, 2.45) is 0 Å². The van der Waals surface area contributed by atoms with Gasteiger partial charge in [0.2, 0.25) is 0 Å². The largest absolute Gasteiger partial charge is 0.366 e. The van der Waals surface area contributed by atoms with E-state index in [0.717, 1.165) is 6.42 Å². The molecular formula is C11H14O. The van der Waals surface area contributed by atoms with Gasteiger partial charge < -0.3 is 4.74 Å². The molecule has 0 saturated carbocycles. The minimum absolute atomic E-state index is 0.112. The van der Waals surface area contributed by atoms with E-state index >= 15 is 0 Å². The Morgan fingerprint density at radius 1 is 1.33 bits per heavy atom. The van der Waals surface area contributed by atoms with Crippen molar-refractivity contribution >= 4 is 0 Å². The molecule has 1 fully saturated rings. The van der Waals surface area contributed by atoms with E-state index in [-0.39, 0.29) is 5.60 Å². The van der Waals surface area contributed by atoms with Gasteiger partial charge in [-0.05, 0) is 19.4 Å². The third kappa shape index (κ3) is 1.37. The number of hydrogen-bond acceptors (Lipinski definition) is 1. The minimum atomic E-state index is 0.112. The van der Waals surface area contributed by atoms with Crippen molar-refractivity contribution in [3.63, 3.8) is 0 Å². The van der Waals surface area contributed by atoms with Crippen molar-refractivity contribution in [1.29, 1.82) is 0 Å². The highest BCUT2D eigenvalue weighted by Gasteiger charge is 2.48. The lowest BCUT2D eigenvalue weighted by Gasteiger charge is -2.04. The zero-order chi connectivity index (χ0) is 8.60. The van der Waals surface area contributed by atoms with E-state index in [1.54, 1.807) is 0 Å². The Morgan fingerprint density at radius 2 is 1.92 bits per heavy atom. The average molecular weight is 162 g/mol. The van der Waals surface area contributed by atoms with Crippen molar-refractivity contribution in [2.45, 2.75) is 32.0 Å². The maximum Gasteiger partial charge on any atom is 0.0957 e. The third-order valence-electron chi connectivity index (χ3n) is 2.65. The average Bonchev–Trinajstić information content (AvgIpc) is 2.61. The van der Waals surface area contributed by atoms with E-state index in [2.05, 4.69) is 38.1 Å². The van der Waals surface area contributed by atoms with Crippen molar-refractivity contribution < 1.29 is 4.74 Å². The Hall–Kier alpha value is -0.820. The normalized spacial score (nSPS) is 33.3. The lowest BCUT2D eigenvalue weighted by Crippen LogP contribution is -2.11. The molecule has 0 spiro atoms. The van der Waals surface area contributed by atoms with Crippen LogP contribution in [0.1, 0.15) is 19.4 Å². The lowest BCUT2D eigenvalue weighted by atomic mass is 9.99. The molecule has 64 valence electrons. The molecule has 0 bridgehead atoms.